The predicted octanol–water partition coefficient (Wildman–Crippen LogP) is 5.02. The van der Waals surface area contributed by atoms with Crippen molar-refractivity contribution in [1.29, 1.82) is 0 Å². The lowest BCUT2D eigenvalue weighted by molar-refractivity contribution is -0.137. The number of piperazine rings is 1. The van der Waals surface area contributed by atoms with E-state index in [2.05, 4.69) is 25.1 Å². The Hall–Kier alpha value is -4.37. The first-order valence-corrected chi connectivity index (χ1v) is 15.6. The third-order valence-electron chi connectivity index (χ3n) is 8.20. The molecule has 8 nitrogen and oxygen atoms in total. The van der Waals surface area contributed by atoms with E-state index in [-0.39, 0.29) is 35.3 Å². The maximum absolute atomic E-state index is 14.0. The van der Waals surface area contributed by atoms with Gasteiger partial charge in [0.25, 0.3) is 0 Å². The highest BCUT2D eigenvalue weighted by molar-refractivity contribution is 8.00. The number of para-hydroxylation sites is 1. The third-order valence-corrected chi connectivity index (χ3v) is 9.45. The van der Waals surface area contributed by atoms with Gasteiger partial charge in [0.2, 0.25) is 17.7 Å². The van der Waals surface area contributed by atoms with Crippen LogP contribution in [0.25, 0.3) is 16.9 Å². The molecule has 0 spiro atoms. The van der Waals surface area contributed by atoms with E-state index in [0.717, 1.165) is 39.2 Å². The Kier molecular flexibility index (Phi) is 8.08. The number of hydrogen-bond acceptors (Lipinski definition) is 5. The lowest BCUT2D eigenvalue weighted by atomic mass is 9.98. The fraction of sp³-hybridized carbons (Fsp3) is 0.294. The molecule has 0 aliphatic carbocycles. The van der Waals surface area contributed by atoms with Crippen LogP contribution in [-0.4, -0.2) is 75.8 Å². The molecule has 6 rings (SSSR count). The van der Waals surface area contributed by atoms with E-state index in [1.165, 1.54) is 0 Å². The van der Waals surface area contributed by atoms with Crippen LogP contribution in [0.2, 0.25) is 0 Å². The van der Waals surface area contributed by atoms with Crippen molar-refractivity contribution in [2.45, 2.75) is 26.0 Å². The lowest BCUT2D eigenvalue weighted by Gasteiger charge is -2.35. The number of rotatable bonds is 5. The first-order chi connectivity index (χ1) is 20.8. The standard InChI is InChI=1S/C34H35N5O3S/c1-23-10-9-14-27(20-23)33-31-32(26-12-5-4-6-13-26)35-39(28-15-8-7-11-24(28)2)34(31)38(30(42)22-43-33)21-29(41)37-18-16-36(17-19-37)25(3)40/h4-15,20,33H,16-19,21-22H2,1-3H3/t33-/m1/s1. The number of benzene rings is 3. The quantitative estimate of drug-likeness (QED) is 0.325. The van der Waals surface area contributed by atoms with E-state index < -0.39 is 0 Å². The molecule has 1 aromatic heterocycles. The highest BCUT2D eigenvalue weighted by Crippen LogP contribution is 2.48. The fourth-order valence-corrected chi connectivity index (χ4v) is 7.09. The smallest absolute Gasteiger partial charge is 0.242 e. The molecular formula is C34H35N5O3S. The van der Waals surface area contributed by atoms with Crippen molar-refractivity contribution in [3.63, 3.8) is 0 Å². The van der Waals surface area contributed by atoms with Crippen molar-refractivity contribution in [3.05, 3.63) is 101 Å². The van der Waals surface area contributed by atoms with Crippen molar-refractivity contribution in [2.24, 2.45) is 0 Å². The number of aromatic nitrogens is 2. The number of aryl methyl sites for hydroxylation is 2. The van der Waals surface area contributed by atoms with Crippen LogP contribution < -0.4 is 4.90 Å². The van der Waals surface area contributed by atoms with E-state index in [1.54, 1.807) is 33.4 Å². The molecule has 2 aliphatic heterocycles. The topological polar surface area (TPSA) is 78.8 Å². The summed E-state index contributed by atoms with van der Waals surface area (Å²) in [7, 11) is 0. The van der Waals surface area contributed by atoms with Gasteiger partial charge < -0.3 is 9.80 Å². The van der Waals surface area contributed by atoms with Gasteiger partial charge in [-0.3, -0.25) is 19.3 Å². The second kappa shape index (κ2) is 12.1. The molecule has 0 unspecified atom stereocenters. The Morgan fingerprint density at radius 3 is 2.28 bits per heavy atom. The molecule has 43 heavy (non-hydrogen) atoms. The van der Waals surface area contributed by atoms with E-state index >= 15 is 0 Å². The van der Waals surface area contributed by atoms with Crippen LogP contribution in [0.15, 0.2) is 78.9 Å². The zero-order chi connectivity index (χ0) is 30.1. The number of anilines is 1. The Morgan fingerprint density at radius 1 is 0.884 bits per heavy atom. The largest absolute Gasteiger partial charge is 0.339 e. The molecule has 1 fully saturated rings. The van der Waals surface area contributed by atoms with E-state index in [1.807, 2.05) is 72.3 Å². The first kappa shape index (κ1) is 28.7. The average molecular weight is 594 g/mol. The van der Waals surface area contributed by atoms with Crippen LogP contribution in [-0.2, 0) is 14.4 Å². The number of hydrogen-bond donors (Lipinski definition) is 0. The predicted molar refractivity (Wildman–Crippen MR) is 170 cm³/mol. The van der Waals surface area contributed by atoms with Gasteiger partial charge in [0, 0.05) is 44.2 Å². The molecule has 1 saturated heterocycles. The highest BCUT2D eigenvalue weighted by Gasteiger charge is 2.38. The number of amides is 3. The first-order valence-electron chi connectivity index (χ1n) is 14.6. The monoisotopic (exact) mass is 593 g/mol. The number of carbonyl (C=O) groups is 3. The molecule has 3 aromatic carbocycles. The summed E-state index contributed by atoms with van der Waals surface area (Å²) >= 11 is 1.57. The van der Waals surface area contributed by atoms with Crippen molar-refractivity contribution < 1.29 is 14.4 Å². The van der Waals surface area contributed by atoms with Gasteiger partial charge >= 0.3 is 0 Å². The summed E-state index contributed by atoms with van der Waals surface area (Å²) in [5, 5.41) is 5.03. The summed E-state index contributed by atoms with van der Waals surface area (Å²) in [6.45, 7) is 7.42. The molecular weight excluding hydrogens is 558 g/mol. The minimum Gasteiger partial charge on any atom is -0.339 e. The number of thioether (sulfide) groups is 1. The molecule has 0 bridgehead atoms. The summed E-state index contributed by atoms with van der Waals surface area (Å²) < 4.78 is 1.86. The SMILES string of the molecule is CC(=O)N1CCN(C(=O)CN2C(=O)CS[C@H](c3cccc(C)c3)c3c(-c4ccccc4)nn(-c4ccccc4C)c32)CC1. The summed E-state index contributed by atoms with van der Waals surface area (Å²) in [5.74, 6) is 0.590. The molecule has 0 radical (unpaired) electrons. The molecule has 0 N–H and O–H groups in total. The minimum absolute atomic E-state index is 0.00854. The molecule has 9 heteroatoms. The van der Waals surface area contributed by atoms with Gasteiger partial charge in [0.15, 0.2) is 0 Å². The lowest BCUT2D eigenvalue weighted by Crippen LogP contribution is -2.53. The van der Waals surface area contributed by atoms with Crippen molar-refractivity contribution in [1.82, 2.24) is 19.6 Å². The second-order valence-corrected chi connectivity index (χ2v) is 12.2. The van der Waals surface area contributed by atoms with Crippen molar-refractivity contribution in [2.75, 3.05) is 43.4 Å². The van der Waals surface area contributed by atoms with Gasteiger partial charge in [-0.15, -0.1) is 11.8 Å². The zero-order valence-corrected chi connectivity index (χ0v) is 25.5. The molecule has 0 saturated carbocycles. The molecule has 220 valence electrons. The fourth-order valence-electron chi connectivity index (χ4n) is 5.90. The Morgan fingerprint density at radius 2 is 1.58 bits per heavy atom. The molecule has 2 aliphatic rings. The van der Waals surface area contributed by atoms with Crippen LogP contribution in [0.3, 0.4) is 0 Å². The minimum atomic E-state index is -0.175. The zero-order valence-electron chi connectivity index (χ0n) is 24.7. The molecule has 3 amide bonds. The Labute approximate surface area is 256 Å². The maximum Gasteiger partial charge on any atom is 0.242 e. The van der Waals surface area contributed by atoms with Crippen LogP contribution in [0.1, 0.15) is 34.4 Å². The Bertz CT molecular complexity index is 1680. The molecule has 4 aromatic rings. The van der Waals surface area contributed by atoms with Gasteiger partial charge in [0.1, 0.15) is 12.4 Å². The average Bonchev–Trinajstić information content (AvgIpc) is 3.33. The number of carbonyl (C=O) groups excluding carboxylic acids is 3. The van der Waals surface area contributed by atoms with Crippen molar-refractivity contribution >= 4 is 35.3 Å². The van der Waals surface area contributed by atoms with Gasteiger partial charge in [-0.1, -0.05) is 78.4 Å². The van der Waals surface area contributed by atoms with Crippen LogP contribution in [0.5, 0.6) is 0 Å². The second-order valence-electron chi connectivity index (χ2n) is 11.1. The van der Waals surface area contributed by atoms with Gasteiger partial charge in [-0.05, 0) is 31.0 Å². The van der Waals surface area contributed by atoms with Gasteiger partial charge in [-0.2, -0.15) is 5.10 Å². The third kappa shape index (κ3) is 5.69. The van der Waals surface area contributed by atoms with Gasteiger partial charge in [-0.25, -0.2) is 4.68 Å². The normalized spacial score (nSPS) is 17.0. The molecule has 3 heterocycles. The van der Waals surface area contributed by atoms with Gasteiger partial charge in [0.05, 0.1) is 22.4 Å². The summed E-state index contributed by atoms with van der Waals surface area (Å²) in [5.41, 5.74) is 6.76. The maximum atomic E-state index is 14.0. The Balaban J connectivity index is 1.53. The van der Waals surface area contributed by atoms with Crippen LogP contribution in [0, 0.1) is 13.8 Å². The summed E-state index contributed by atoms with van der Waals surface area (Å²) in [6.07, 6.45) is 0. The van der Waals surface area contributed by atoms with Crippen LogP contribution in [0.4, 0.5) is 5.82 Å². The highest BCUT2D eigenvalue weighted by atomic mass is 32.2. The van der Waals surface area contributed by atoms with Crippen molar-refractivity contribution in [3.8, 4) is 16.9 Å². The van der Waals surface area contributed by atoms with E-state index in [0.29, 0.717) is 32.0 Å². The van der Waals surface area contributed by atoms with E-state index in [4.69, 9.17) is 5.10 Å². The number of fused-ring (bicyclic) bond motifs is 1. The van der Waals surface area contributed by atoms with Crippen LogP contribution >= 0.6 is 11.8 Å². The summed E-state index contributed by atoms with van der Waals surface area (Å²) in [4.78, 5) is 44.8. The van der Waals surface area contributed by atoms with E-state index in [9.17, 15) is 14.4 Å². The summed E-state index contributed by atoms with van der Waals surface area (Å²) in [6, 6.07) is 26.4. The number of nitrogens with zero attached hydrogens (tertiary/aromatic N) is 5. The molecule has 1 atom stereocenters.